The predicted molar refractivity (Wildman–Crippen MR) is 59.4 cm³/mol. The highest BCUT2D eigenvalue weighted by Gasteiger charge is 2.38. The van der Waals surface area contributed by atoms with E-state index in [-0.39, 0.29) is 5.97 Å². The van der Waals surface area contributed by atoms with E-state index in [1.807, 2.05) is 6.92 Å². The molecule has 2 fully saturated rings. The highest BCUT2D eigenvalue weighted by molar-refractivity contribution is 5.89. The largest absolute Gasteiger partial charge is 0.466 e. The Labute approximate surface area is 91.7 Å². The van der Waals surface area contributed by atoms with Gasteiger partial charge in [-0.25, -0.2) is 4.79 Å². The van der Waals surface area contributed by atoms with Crippen LogP contribution >= 0.6 is 0 Å². The Morgan fingerprint density at radius 2 is 2.00 bits per heavy atom. The fourth-order valence-electron chi connectivity index (χ4n) is 3.08. The summed E-state index contributed by atoms with van der Waals surface area (Å²) in [6, 6.07) is 0. The lowest BCUT2D eigenvalue weighted by atomic mass is 9.65. The van der Waals surface area contributed by atoms with Gasteiger partial charge < -0.3 is 4.74 Å². The van der Waals surface area contributed by atoms with Gasteiger partial charge in [-0.15, -0.1) is 0 Å². The van der Waals surface area contributed by atoms with Crippen molar-refractivity contribution >= 4 is 5.97 Å². The van der Waals surface area contributed by atoms with Crippen LogP contribution < -0.4 is 0 Å². The van der Waals surface area contributed by atoms with E-state index in [1.165, 1.54) is 44.8 Å². The molecule has 2 atom stereocenters. The Morgan fingerprint density at radius 1 is 1.27 bits per heavy atom. The number of hydrogen-bond donors (Lipinski definition) is 0. The van der Waals surface area contributed by atoms with Gasteiger partial charge in [0.1, 0.15) is 0 Å². The van der Waals surface area contributed by atoms with Crippen molar-refractivity contribution in [2.45, 2.75) is 45.4 Å². The van der Waals surface area contributed by atoms with Crippen LogP contribution in [0, 0.1) is 11.8 Å². The molecule has 2 rings (SSSR count). The zero-order chi connectivity index (χ0) is 10.8. The summed E-state index contributed by atoms with van der Waals surface area (Å²) in [5.41, 5.74) is 2.26. The molecule has 2 aliphatic rings. The molecule has 0 amide bonds. The fraction of sp³-hybridized carbons (Fsp3) is 0.769. The second-order valence-electron chi connectivity index (χ2n) is 4.85. The molecule has 2 saturated carbocycles. The number of fused-ring (bicyclic) bond motifs is 1. The average molecular weight is 208 g/mol. The minimum Gasteiger partial charge on any atom is -0.466 e. The number of methoxy groups -OCH3 is 1. The number of rotatable bonds is 1. The normalized spacial score (nSPS) is 33.5. The van der Waals surface area contributed by atoms with E-state index in [9.17, 15) is 4.79 Å². The summed E-state index contributed by atoms with van der Waals surface area (Å²) in [5, 5.41) is 0. The van der Waals surface area contributed by atoms with Crippen molar-refractivity contribution < 1.29 is 9.53 Å². The SMILES string of the molecule is COC(=O)/C(C)=C1\C[C@H]2CCCCC[C@@H]12. The van der Waals surface area contributed by atoms with Gasteiger partial charge >= 0.3 is 5.97 Å². The van der Waals surface area contributed by atoms with Crippen LogP contribution in [0.3, 0.4) is 0 Å². The summed E-state index contributed by atoms with van der Waals surface area (Å²) in [7, 11) is 1.47. The maximum absolute atomic E-state index is 11.4. The van der Waals surface area contributed by atoms with Crippen LogP contribution in [-0.2, 0) is 9.53 Å². The fourth-order valence-corrected chi connectivity index (χ4v) is 3.08. The van der Waals surface area contributed by atoms with E-state index < -0.39 is 0 Å². The number of carbonyl (C=O) groups excluding carboxylic acids is 1. The van der Waals surface area contributed by atoms with Crippen molar-refractivity contribution in [2.75, 3.05) is 7.11 Å². The molecule has 0 radical (unpaired) electrons. The van der Waals surface area contributed by atoms with Crippen molar-refractivity contribution in [3.8, 4) is 0 Å². The number of ether oxygens (including phenoxy) is 1. The van der Waals surface area contributed by atoms with Crippen molar-refractivity contribution in [2.24, 2.45) is 11.8 Å². The zero-order valence-electron chi connectivity index (χ0n) is 9.71. The summed E-state index contributed by atoms with van der Waals surface area (Å²) in [6.45, 7) is 1.92. The van der Waals surface area contributed by atoms with Crippen molar-refractivity contribution in [3.63, 3.8) is 0 Å². The summed E-state index contributed by atoms with van der Waals surface area (Å²) in [4.78, 5) is 11.4. The average Bonchev–Trinajstić information content (AvgIpc) is 2.40. The van der Waals surface area contributed by atoms with Gasteiger partial charge in [-0.05, 0) is 38.0 Å². The highest BCUT2D eigenvalue weighted by Crippen LogP contribution is 2.49. The third-order valence-electron chi connectivity index (χ3n) is 4.06. The first kappa shape index (κ1) is 10.7. The van der Waals surface area contributed by atoms with Gasteiger partial charge in [0.25, 0.3) is 0 Å². The molecule has 2 aliphatic carbocycles. The number of carbonyl (C=O) groups is 1. The van der Waals surface area contributed by atoms with E-state index in [0.717, 1.165) is 17.9 Å². The first-order valence-corrected chi connectivity index (χ1v) is 6.02. The van der Waals surface area contributed by atoms with Gasteiger partial charge in [0.05, 0.1) is 7.11 Å². The van der Waals surface area contributed by atoms with Crippen molar-refractivity contribution in [1.82, 2.24) is 0 Å². The Balaban J connectivity index is 2.10. The van der Waals surface area contributed by atoms with Gasteiger partial charge in [0, 0.05) is 5.57 Å². The smallest absolute Gasteiger partial charge is 0.333 e. The van der Waals surface area contributed by atoms with Crippen LogP contribution in [0.2, 0.25) is 0 Å². The van der Waals surface area contributed by atoms with E-state index in [4.69, 9.17) is 4.74 Å². The molecule has 0 N–H and O–H groups in total. The first-order valence-electron chi connectivity index (χ1n) is 6.02. The van der Waals surface area contributed by atoms with Crippen LogP contribution in [0.15, 0.2) is 11.1 Å². The molecule has 0 saturated heterocycles. The van der Waals surface area contributed by atoms with Crippen molar-refractivity contribution in [3.05, 3.63) is 11.1 Å². The van der Waals surface area contributed by atoms with Crippen LogP contribution in [-0.4, -0.2) is 13.1 Å². The third kappa shape index (κ3) is 1.95. The molecule has 0 aromatic carbocycles. The maximum atomic E-state index is 11.4. The molecule has 84 valence electrons. The number of allylic oxidation sites excluding steroid dienone is 1. The molecule has 0 aliphatic heterocycles. The number of hydrogen-bond acceptors (Lipinski definition) is 2. The molecule has 2 nitrogen and oxygen atoms in total. The number of esters is 1. The van der Waals surface area contributed by atoms with E-state index in [2.05, 4.69) is 0 Å². The minimum atomic E-state index is -0.132. The lowest BCUT2D eigenvalue weighted by Gasteiger charge is -2.40. The second-order valence-corrected chi connectivity index (χ2v) is 4.85. The molecule has 15 heavy (non-hydrogen) atoms. The van der Waals surface area contributed by atoms with Crippen LogP contribution in [0.5, 0.6) is 0 Å². The minimum absolute atomic E-state index is 0.132. The molecule has 0 spiro atoms. The van der Waals surface area contributed by atoms with Crippen molar-refractivity contribution in [1.29, 1.82) is 0 Å². The van der Waals surface area contributed by atoms with Gasteiger partial charge in [-0.1, -0.05) is 24.8 Å². The molecule has 0 aromatic heterocycles. The van der Waals surface area contributed by atoms with E-state index >= 15 is 0 Å². The Hall–Kier alpha value is -0.790. The first-order chi connectivity index (χ1) is 7.24. The molecule has 0 heterocycles. The van der Waals surface area contributed by atoms with Gasteiger partial charge in [-0.3, -0.25) is 0 Å². The molecule has 0 unspecified atom stereocenters. The molecular weight excluding hydrogens is 188 g/mol. The monoisotopic (exact) mass is 208 g/mol. The Bertz CT molecular complexity index is 291. The second kappa shape index (κ2) is 4.38. The predicted octanol–water partition coefficient (Wildman–Crippen LogP) is 3.08. The highest BCUT2D eigenvalue weighted by atomic mass is 16.5. The molecule has 2 heteroatoms. The topological polar surface area (TPSA) is 26.3 Å². The summed E-state index contributed by atoms with van der Waals surface area (Å²) >= 11 is 0. The summed E-state index contributed by atoms with van der Waals surface area (Å²) in [6.07, 6.45) is 7.88. The molecule has 0 aromatic rings. The maximum Gasteiger partial charge on any atom is 0.333 e. The van der Waals surface area contributed by atoms with E-state index in [1.54, 1.807) is 0 Å². The Morgan fingerprint density at radius 3 is 2.73 bits per heavy atom. The summed E-state index contributed by atoms with van der Waals surface area (Å²) < 4.78 is 4.78. The van der Waals surface area contributed by atoms with Crippen LogP contribution in [0.1, 0.15) is 45.4 Å². The quantitative estimate of drug-likeness (QED) is 0.489. The summed E-state index contributed by atoms with van der Waals surface area (Å²) in [5.74, 6) is 1.43. The Kier molecular flexibility index (Phi) is 3.13. The third-order valence-corrected chi connectivity index (χ3v) is 4.06. The van der Waals surface area contributed by atoms with Gasteiger partial charge in [0.2, 0.25) is 0 Å². The standard InChI is InChI=1S/C13H20O2/c1-9(13(14)15-2)12-8-10-6-4-3-5-7-11(10)12/h10-11H,3-8H2,1-2H3/b12-9+/t10-,11-/m1/s1. The van der Waals surface area contributed by atoms with Gasteiger partial charge in [0.15, 0.2) is 0 Å². The molecular formula is C13H20O2. The van der Waals surface area contributed by atoms with Crippen LogP contribution in [0.25, 0.3) is 0 Å². The molecule has 0 bridgehead atoms. The lowest BCUT2D eigenvalue weighted by Crippen LogP contribution is -2.30. The lowest BCUT2D eigenvalue weighted by molar-refractivity contribution is -0.136. The van der Waals surface area contributed by atoms with Gasteiger partial charge in [-0.2, -0.15) is 0 Å². The zero-order valence-corrected chi connectivity index (χ0v) is 9.71. The van der Waals surface area contributed by atoms with E-state index in [0.29, 0.717) is 5.92 Å². The van der Waals surface area contributed by atoms with Crippen LogP contribution in [0.4, 0.5) is 0 Å².